The molecule has 0 radical (unpaired) electrons. The number of hydrogen-bond acceptors (Lipinski definition) is 7. The van der Waals surface area contributed by atoms with Crippen molar-refractivity contribution in [2.24, 2.45) is 10.4 Å². The molecule has 2 heterocycles. The number of hydrogen-bond donors (Lipinski definition) is 1. The molecule has 0 aliphatic heterocycles. The summed E-state index contributed by atoms with van der Waals surface area (Å²) >= 11 is 11.5. The Bertz CT molecular complexity index is 1430. The molecule has 14 heteroatoms. The van der Waals surface area contributed by atoms with Gasteiger partial charge in [-0.05, 0) is 54.3 Å². The number of halogens is 5. The number of rotatable bonds is 9. The van der Waals surface area contributed by atoms with E-state index < -0.39 is 24.1 Å². The van der Waals surface area contributed by atoms with Crippen molar-refractivity contribution < 1.29 is 27.8 Å². The Kier molecular flexibility index (Phi) is 12.1. The van der Waals surface area contributed by atoms with Crippen LogP contribution in [0.15, 0.2) is 78.8 Å². The van der Waals surface area contributed by atoms with Crippen LogP contribution >= 0.6 is 23.2 Å². The zero-order valence-electron chi connectivity index (χ0n) is 24.0. The highest BCUT2D eigenvalue weighted by atomic mass is 35.5. The first-order chi connectivity index (χ1) is 20.3. The smallest absolute Gasteiger partial charge is 0.418 e. The molecule has 2 aromatic heterocycles. The van der Waals surface area contributed by atoms with Gasteiger partial charge in [-0.15, -0.1) is 0 Å². The third kappa shape index (κ3) is 10.3. The Morgan fingerprint density at radius 3 is 2.28 bits per heavy atom. The zero-order valence-corrected chi connectivity index (χ0v) is 25.6. The first-order valence-electron chi connectivity index (χ1n) is 13.2. The van der Waals surface area contributed by atoms with Gasteiger partial charge in [0.2, 0.25) is 6.23 Å². The average molecular weight is 642 g/mol. The van der Waals surface area contributed by atoms with E-state index in [0.717, 1.165) is 12.5 Å². The summed E-state index contributed by atoms with van der Waals surface area (Å²) in [7, 11) is 0. The molecule has 4 rings (SSSR count). The highest BCUT2D eigenvalue weighted by Gasteiger charge is 2.35. The van der Waals surface area contributed by atoms with Gasteiger partial charge in [0.15, 0.2) is 0 Å². The minimum atomic E-state index is -4.55. The summed E-state index contributed by atoms with van der Waals surface area (Å²) in [6.07, 6.45) is 2.35. The van der Waals surface area contributed by atoms with Gasteiger partial charge in [0.25, 0.3) is 0 Å². The van der Waals surface area contributed by atoms with Crippen LogP contribution in [0.5, 0.6) is 5.75 Å². The Balaban J connectivity index is 0.000000238. The predicted molar refractivity (Wildman–Crippen MR) is 159 cm³/mol. The molecule has 0 aliphatic rings. The van der Waals surface area contributed by atoms with Crippen molar-refractivity contribution in [3.05, 3.63) is 89.4 Å². The van der Waals surface area contributed by atoms with E-state index in [1.807, 2.05) is 27.7 Å². The van der Waals surface area contributed by atoms with Crippen LogP contribution in [0.3, 0.4) is 0 Å². The van der Waals surface area contributed by atoms with Crippen LogP contribution in [0.4, 0.5) is 18.9 Å². The number of alkyl halides is 3. The van der Waals surface area contributed by atoms with E-state index in [4.69, 9.17) is 32.7 Å². The number of ether oxygens (including phenoxy) is 2. The monoisotopic (exact) mass is 640 g/mol. The molecule has 0 saturated carbocycles. The van der Waals surface area contributed by atoms with Crippen LogP contribution in [-0.2, 0) is 10.9 Å². The van der Waals surface area contributed by atoms with Gasteiger partial charge in [-0.25, -0.2) is 19.6 Å². The van der Waals surface area contributed by atoms with Crippen LogP contribution in [-0.4, -0.2) is 54.6 Å². The quantitative estimate of drug-likeness (QED) is 0.116. The maximum Gasteiger partial charge on any atom is 0.418 e. The van der Waals surface area contributed by atoms with Crippen molar-refractivity contribution in [2.75, 3.05) is 13.2 Å². The van der Waals surface area contributed by atoms with Gasteiger partial charge in [-0.3, -0.25) is 4.57 Å². The number of aliphatic hydroxyl groups is 1. The van der Waals surface area contributed by atoms with Gasteiger partial charge in [-0.1, -0.05) is 50.9 Å². The van der Waals surface area contributed by atoms with E-state index in [2.05, 4.69) is 20.1 Å². The molecule has 4 aromatic rings. The largest absolute Gasteiger partial charge is 0.466 e. The Morgan fingerprint density at radius 1 is 1.02 bits per heavy atom. The molecule has 0 fully saturated rings. The Labute approximate surface area is 257 Å². The van der Waals surface area contributed by atoms with Crippen molar-refractivity contribution in [2.45, 2.75) is 52.6 Å². The van der Waals surface area contributed by atoms with Crippen LogP contribution in [0.2, 0.25) is 10.0 Å². The number of nitrogens with zero attached hydrogens (tertiary/aromatic N) is 6. The molecule has 0 spiro atoms. The number of aliphatic imine (C=N–C) groups is 1. The second-order valence-corrected chi connectivity index (χ2v) is 11.2. The van der Waals surface area contributed by atoms with Crippen LogP contribution in [0.25, 0.3) is 0 Å². The minimum absolute atomic E-state index is 0.00249. The third-order valence-corrected chi connectivity index (χ3v) is 6.31. The van der Waals surface area contributed by atoms with E-state index in [-0.39, 0.29) is 22.7 Å². The van der Waals surface area contributed by atoms with Crippen molar-refractivity contribution in [1.82, 2.24) is 24.3 Å². The molecule has 0 saturated heterocycles. The SMILES string of the molecule is CC(C)(C)C(O)C(Oc1ccc(Cl)cc1)n1cncn1.CCCOC/C(=N\c1ccc(Cl)cc1C(F)(F)F)n1ccnc1. The van der Waals surface area contributed by atoms with Gasteiger partial charge in [0.05, 0.1) is 11.3 Å². The molecule has 1 N–H and O–H groups in total. The van der Waals surface area contributed by atoms with E-state index in [1.54, 1.807) is 30.5 Å². The molecular weight excluding hydrogens is 608 g/mol. The molecule has 0 bridgehead atoms. The molecular formula is C29H33Cl2F3N6O3. The number of aliphatic hydroxyl groups excluding tert-OH is 1. The zero-order chi connectivity index (χ0) is 31.6. The summed E-state index contributed by atoms with van der Waals surface area (Å²) in [5.74, 6) is 0.918. The highest BCUT2D eigenvalue weighted by molar-refractivity contribution is 6.31. The second-order valence-electron chi connectivity index (χ2n) is 10.4. The van der Waals surface area contributed by atoms with Gasteiger partial charge < -0.3 is 14.6 Å². The fourth-order valence-electron chi connectivity index (χ4n) is 3.55. The summed E-state index contributed by atoms with van der Waals surface area (Å²) in [6, 6.07) is 10.4. The summed E-state index contributed by atoms with van der Waals surface area (Å²) in [4.78, 5) is 11.9. The highest BCUT2D eigenvalue weighted by Crippen LogP contribution is 2.38. The fraction of sp³-hybridized carbons (Fsp3) is 0.379. The third-order valence-electron chi connectivity index (χ3n) is 5.82. The van der Waals surface area contributed by atoms with Crippen LogP contribution in [0.1, 0.15) is 45.9 Å². The van der Waals surface area contributed by atoms with Crippen molar-refractivity contribution in [3.63, 3.8) is 0 Å². The molecule has 0 amide bonds. The van der Waals surface area contributed by atoms with E-state index in [0.29, 0.717) is 23.2 Å². The average Bonchev–Trinajstić information content (AvgIpc) is 3.67. The predicted octanol–water partition coefficient (Wildman–Crippen LogP) is 7.48. The standard InChI is InChI=1S/C15H15ClF3N3O.C14H18ClN3O2/c1-2-7-23-9-14(22-6-5-20-10-22)21-13-4-3-11(16)8-12(13)15(17,18)19;1-14(2,3)12(19)13(18-9-16-8-17-18)20-11-6-4-10(15)5-7-11/h3-6,8,10H,2,7,9H2,1H3;4-9,12-13,19H,1-3H3/b21-14+;. The van der Waals surface area contributed by atoms with Crippen molar-refractivity contribution >= 4 is 34.7 Å². The first kappa shape index (κ1) is 34.0. The molecule has 232 valence electrons. The Hall–Kier alpha value is -3.45. The second kappa shape index (κ2) is 15.3. The fourth-order valence-corrected chi connectivity index (χ4v) is 3.85. The van der Waals surface area contributed by atoms with Crippen molar-refractivity contribution in [1.29, 1.82) is 0 Å². The lowest BCUT2D eigenvalue weighted by atomic mass is 9.88. The van der Waals surface area contributed by atoms with Gasteiger partial charge in [0, 0.05) is 29.0 Å². The Morgan fingerprint density at radius 2 is 1.72 bits per heavy atom. The van der Waals surface area contributed by atoms with Gasteiger partial charge in [0.1, 0.15) is 43.3 Å². The lowest BCUT2D eigenvalue weighted by Gasteiger charge is -2.32. The number of benzene rings is 2. The van der Waals surface area contributed by atoms with Gasteiger partial charge >= 0.3 is 6.18 Å². The number of aromatic nitrogens is 5. The summed E-state index contributed by atoms with van der Waals surface area (Å²) < 4.78 is 53.7. The molecule has 9 nitrogen and oxygen atoms in total. The number of imidazole rings is 1. The maximum atomic E-state index is 13.1. The topological polar surface area (TPSA) is 99.6 Å². The van der Waals surface area contributed by atoms with E-state index in [1.165, 1.54) is 46.6 Å². The molecule has 2 aromatic carbocycles. The lowest BCUT2D eigenvalue weighted by molar-refractivity contribution is -0.137. The summed E-state index contributed by atoms with van der Waals surface area (Å²) in [5.41, 5.74) is -1.47. The first-order valence-corrected chi connectivity index (χ1v) is 14.0. The van der Waals surface area contributed by atoms with Gasteiger partial charge in [-0.2, -0.15) is 18.3 Å². The normalized spacial score (nSPS) is 13.7. The molecule has 0 aliphatic carbocycles. The van der Waals surface area contributed by atoms with E-state index >= 15 is 0 Å². The van der Waals surface area contributed by atoms with Crippen molar-refractivity contribution in [3.8, 4) is 5.75 Å². The van der Waals surface area contributed by atoms with Crippen LogP contribution < -0.4 is 4.74 Å². The maximum absolute atomic E-state index is 13.1. The molecule has 2 atom stereocenters. The summed E-state index contributed by atoms with van der Waals surface area (Å²) in [5, 5.41) is 15.2. The molecule has 2 unspecified atom stereocenters. The molecule has 43 heavy (non-hydrogen) atoms. The van der Waals surface area contributed by atoms with Crippen LogP contribution in [0, 0.1) is 5.41 Å². The van der Waals surface area contributed by atoms with E-state index in [9.17, 15) is 18.3 Å². The summed E-state index contributed by atoms with van der Waals surface area (Å²) in [6.45, 7) is 8.31. The lowest BCUT2D eigenvalue weighted by Crippen LogP contribution is -2.38. The minimum Gasteiger partial charge on any atom is -0.466 e.